The first-order valence-electron chi connectivity index (χ1n) is 5.54. The molecule has 0 heterocycles. The Bertz CT molecular complexity index is 285. The summed E-state index contributed by atoms with van der Waals surface area (Å²) in [5.41, 5.74) is -2.28. The average Bonchev–Trinajstić information content (AvgIpc) is 2.14. The second-order valence-corrected chi connectivity index (χ2v) is 5.07. The largest absolute Gasteiger partial charge is 0.426 e. The molecule has 0 radical (unpaired) electrons. The zero-order valence-corrected chi connectivity index (χ0v) is 11.0. The van der Waals surface area contributed by atoms with E-state index in [0.29, 0.717) is 0 Å². The molecule has 0 saturated heterocycles. The number of hydrogen-bond donors (Lipinski definition) is 0. The first-order valence-corrected chi connectivity index (χ1v) is 5.54. The Morgan fingerprint density at radius 1 is 0.889 bits per heavy atom. The maximum Gasteiger partial charge on any atom is 0.426 e. The lowest BCUT2D eigenvalue weighted by atomic mass is 9.79. The second-order valence-electron chi connectivity index (χ2n) is 5.07. The summed E-state index contributed by atoms with van der Waals surface area (Å²) in [7, 11) is 0. The van der Waals surface area contributed by atoms with E-state index in [2.05, 4.69) is 4.74 Å². The quantitative estimate of drug-likeness (QED) is 0.640. The highest BCUT2D eigenvalue weighted by Crippen LogP contribution is 2.55. The Labute approximate surface area is 102 Å². The summed E-state index contributed by atoms with van der Waals surface area (Å²) in [5, 5.41) is 0. The van der Waals surface area contributed by atoms with Crippen LogP contribution in [0.5, 0.6) is 0 Å². The van der Waals surface area contributed by atoms with Crippen LogP contribution in [-0.2, 0) is 4.74 Å². The van der Waals surface area contributed by atoms with Gasteiger partial charge in [-0.05, 0) is 20.3 Å². The highest BCUT2D eigenvalue weighted by atomic mass is 19.3. The number of rotatable bonds is 6. The fraction of sp³-hybridized carbons (Fsp3) is 1.00. The van der Waals surface area contributed by atoms with Crippen LogP contribution >= 0.6 is 0 Å². The molecule has 0 saturated carbocycles. The third-order valence-corrected chi connectivity index (χ3v) is 2.88. The Hall–Kier alpha value is -0.460. The smallest absolute Gasteiger partial charge is 0.313 e. The fourth-order valence-corrected chi connectivity index (χ4v) is 1.20. The van der Waals surface area contributed by atoms with Gasteiger partial charge in [-0.1, -0.05) is 20.8 Å². The van der Waals surface area contributed by atoms with E-state index in [0.717, 1.165) is 27.7 Å². The van der Waals surface area contributed by atoms with Gasteiger partial charge >= 0.3 is 18.0 Å². The van der Waals surface area contributed by atoms with Crippen LogP contribution < -0.4 is 0 Å². The first kappa shape index (κ1) is 17.5. The van der Waals surface area contributed by atoms with Crippen LogP contribution in [0.4, 0.5) is 26.3 Å². The topological polar surface area (TPSA) is 9.23 Å². The molecule has 0 amide bonds. The number of halogens is 6. The summed E-state index contributed by atoms with van der Waals surface area (Å²) in [5.74, 6) is -10.5. The van der Waals surface area contributed by atoms with Crippen LogP contribution in [0.15, 0.2) is 0 Å². The summed E-state index contributed by atoms with van der Waals surface area (Å²) in [4.78, 5) is 0. The normalized spacial score (nSPS) is 15.3. The van der Waals surface area contributed by atoms with Gasteiger partial charge in [0.15, 0.2) is 0 Å². The lowest BCUT2D eigenvalue weighted by Gasteiger charge is -2.41. The molecular formula is C11H18F6O. The minimum atomic E-state index is -5.58. The lowest BCUT2D eigenvalue weighted by Crippen LogP contribution is -2.61. The van der Waals surface area contributed by atoms with Crippen molar-refractivity contribution in [1.29, 1.82) is 0 Å². The Morgan fingerprint density at radius 3 is 1.56 bits per heavy atom. The zero-order chi connectivity index (χ0) is 15.0. The van der Waals surface area contributed by atoms with Gasteiger partial charge in [0.2, 0.25) is 0 Å². The van der Waals surface area contributed by atoms with Crippen molar-refractivity contribution in [2.75, 3.05) is 0 Å². The van der Waals surface area contributed by atoms with Gasteiger partial charge in [-0.3, -0.25) is 0 Å². The molecule has 0 aromatic carbocycles. The van der Waals surface area contributed by atoms with Crippen molar-refractivity contribution in [3.05, 3.63) is 0 Å². The van der Waals surface area contributed by atoms with Crippen molar-refractivity contribution in [2.24, 2.45) is 5.41 Å². The summed E-state index contributed by atoms with van der Waals surface area (Å²) in [6.07, 6.45) is -6.91. The molecule has 18 heavy (non-hydrogen) atoms. The lowest BCUT2D eigenvalue weighted by molar-refractivity contribution is -0.420. The molecule has 0 unspecified atom stereocenters. The van der Waals surface area contributed by atoms with Gasteiger partial charge in [-0.2, -0.15) is 26.3 Å². The molecule has 0 atom stereocenters. The zero-order valence-electron chi connectivity index (χ0n) is 11.0. The molecule has 0 aliphatic heterocycles. The molecule has 7 heteroatoms. The minimum Gasteiger partial charge on any atom is -0.313 e. The van der Waals surface area contributed by atoms with Crippen LogP contribution in [0, 0.1) is 5.41 Å². The maximum absolute atomic E-state index is 13.6. The van der Waals surface area contributed by atoms with Gasteiger partial charge in [0.25, 0.3) is 0 Å². The van der Waals surface area contributed by atoms with Crippen molar-refractivity contribution < 1.29 is 31.1 Å². The van der Waals surface area contributed by atoms with Crippen LogP contribution in [0.25, 0.3) is 0 Å². The molecule has 0 bridgehead atoms. The second kappa shape index (κ2) is 4.90. The van der Waals surface area contributed by atoms with E-state index in [1.54, 1.807) is 0 Å². The summed E-state index contributed by atoms with van der Waals surface area (Å²) in [6.45, 7) is 4.98. The summed E-state index contributed by atoms with van der Waals surface area (Å²) in [6, 6.07) is 0. The van der Waals surface area contributed by atoms with E-state index >= 15 is 0 Å². The predicted molar refractivity (Wildman–Crippen MR) is 55.1 cm³/mol. The Morgan fingerprint density at radius 2 is 1.28 bits per heavy atom. The van der Waals surface area contributed by atoms with Crippen molar-refractivity contribution in [3.63, 3.8) is 0 Å². The summed E-state index contributed by atoms with van der Waals surface area (Å²) < 4.78 is 84.0. The monoisotopic (exact) mass is 280 g/mol. The van der Waals surface area contributed by atoms with Crippen LogP contribution in [0.1, 0.15) is 41.0 Å². The number of alkyl halides is 6. The molecular weight excluding hydrogens is 262 g/mol. The van der Waals surface area contributed by atoms with E-state index in [9.17, 15) is 26.3 Å². The highest BCUT2D eigenvalue weighted by Gasteiger charge is 2.76. The molecule has 0 rings (SSSR count). The van der Waals surface area contributed by atoms with Gasteiger partial charge in [-0.15, -0.1) is 0 Å². The molecule has 0 spiro atoms. The van der Waals surface area contributed by atoms with Crippen LogP contribution in [0.2, 0.25) is 0 Å². The van der Waals surface area contributed by atoms with Crippen molar-refractivity contribution in [3.8, 4) is 0 Å². The first-order chi connectivity index (χ1) is 7.73. The molecule has 0 aliphatic carbocycles. The minimum absolute atomic E-state index is 0.382. The average molecular weight is 280 g/mol. The predicted octanol–water partition coefficient (Wildman–Crippen LogP) is 4.71. The Kier molecular flexibility index (Phi) is 4.78. The van der Waals surface area contributed by atoms with E-state index < -0.39 is 29.5 Å². The van der Waals surface area contributed by atoms with Gasteiger partial charge in [-0.25, -0.2) is 0 Å². The maximum atomic E-state index is 13.6. The fourth-order valence-electron chi connectivity index (χ4n) is 1.20. The van der Waals surface area contributed by atoms with Crippen LogP contribution in [-0.4, -0.2) is 24.1 Å². The summed E-state index contributed by atoms with van der Waals surface area (Å²) >= 11 is 0. The van der Waals surface area contributed by atoms with Crippen LogP contribution in [0.3, 0.4) is 0 Å². The molecule has 0 N–H and O–H groups in total. The van der Waals surface area contributed by atoms with Crippen molar-refractivity contribution in [2.45, 2.75) is 65.1 Å². The third kappa shape index (κ3) is 2.75. The van der Waals surface area contributed by atoms with E-state index in [1.165, 1.54) is 6.92 Å². The molecule has 0 aromatic rings. The van der Waals surface area contributed by atoms with Gasteiger partial charge in [0.05, 0.1) is 6.10 Å². The number of ether oxygens (including phenoxy) is 1. The standard InChI is InChI=1S/C11H18F6O/c1-6-8(4,5)9(12,13)10(14,15)11(16,17)18-7(2)3/h7H,6H2,1-5H3. The molecule has 0 fully saturated rings. The van der Waals surface area contributed by atoms with Gasteiger partial charge in [0, 0.05) is 5.41 Å². The Balaban J connectivity index is 5.49. The highest BCUT2D eigenvalue weighted by molar-refractivity contribution is 5.00. The van der Waals surface area contributed by atoms with Gasteiger partial charge < -0.3 is 4.74 Å². The molecule has 110 valence electrons. The SMILES string of the molecule is CCC(C)(C)C(F)(F)C(F)(F)C(F)(F)OC(C)C. The van der Waals surface area contributed by atoms with E-state index in [-0.39, 0.29) is 6.42 Å². The van der Waals surface area contributed by atoms with Crippen molar-refractivity contribution in [1.82, 2.24) is 0 Å². The molecule has 0 aliphatic rings. The van der Waals surface area contributed by atoms with E-state index in [4.69, 9.17) is 0 Å². The van der Waals surface area contributed by atoms with E-state index in [1.807, 2.05) is 0 Å². The van der Waals surface area contributed by atoms with Gasteiger partial charge in [0.1, 0.15) is 0 Å². The van der Waals surface area contributed by atoms with Crippen molar-refractivity contribution >= 4 is 0 Å². The molecule has 0 aromatic heterocycles. The third-order valence-electron chi connectivity index (χ3n) is 2.88. The molecule has 1 nitrogen and oxygen atoms in total. The number of hydrogen-bond acceptors (Lipinski definition) is 1.